The van der Waals surface area contributed by atoms with E-state index >= 15 is 0 Å². The molecule has 0 fully saturated rings. The van der Waals surface area contributed by atoms with Crippen LogP contribution in [0.2, 0.25) is 0 Å². The second-order valence-electron chi connectivity index (χ2n) is 5.32. The number of aryl methyl sites for hydroxylation is 1. The van der Waals surface area contributed by atoms with Crippen LogP contribution >= 0.6 is 0 Å². The maximum atomic E-state index is 13.6. The molecule has 1 amide bonds. The molecule has 0 radical (unpaired) electrons. The first kappa shape index (κ1) is 17.1. The summed E-state index contributed by atoms with van der Waals surface area (Å²) in [7, 11) is 1.70. The molecule has 7 heteroatoms. The van der Waals surface area contributed by atoms with Gasteiger partial charge in [0.05, 0.1) is 18.3 Å². The zero-order chi connectivity index (χ0) is 17.1. The second kappa shape index (κ2) is 6.87. The van der Waals surface area contributed by atoms with Crippen molar-refractivity contribution < 1.29 is 22.4 Å². The maximum Gasteiger partial charge on any atom is 0.241 e. The smallest absolute Gasteiger partial charge is 0.241 e. The lowest BCUT2D eigenvalue weighted by atomic mass is 10.2. The number of carbonyl (C=O) groups excluding carboxylic acids is 1. The lowest BCUT2D eigenvalue weighted by Gasteiger charge is -2.23. The van der Waals surface area contributed by atoms with Gasteiger partial charge in [-0.25, -0.2) is 13.2 Å². The first-order chi connectivity index (χ1) is 10.8. The molecule has 4 nitrogen and oxygen atoms in total. The van der Waals surface area contributed by atoms with Crippen LogP contribution in [0.15, 0.2) is 28.7 Å². The van der Waals surface area contributed by atoms with Gasteiger partial charge in [-0.05, 0) is 45.2 Å². The van der Waals surface area contributed by atoms with E-state index in [4.69, 9.17) is 4.42 Å². The zero-order valence-electron chi connectivity index (χ0n) is 13.0. The number of amides is 1. The van der Waals surface area contributed by atoms with Crippen molar-refractivity contribution in [1.82, 2.24) is 4.90 Å². The van der Waals surface area contributed by atoms with E-state index in [1.165, 1.54) is 0 Å². The number of hydrogen-bond donors (Lipinski definition) is 1. The summed E-state index contributed by atoms with van der Waals surface area (Å²) >= 11 is 0. The van der Waals surface area contributed by atoms with E-state index < -0.39 is 35.1 Å². The van der Waals surface area contributed by atoms with Crippen molar-refractivity contribution in [2.75, 3.05) is 12.4 Å². The Labute approximate surface area is 131 Å². The molecular formula is C16H17F3N2O2. The fourth-order valence-electron chi connectivity index (χ4n) is 2.01. The number of nitrogens with zero attached hydrogens (tertiary/aromatic N) is 1. The number of hydrogen-bond acceptors (Lipinski definition) is 3. The third-order valence-corrected chi connectivity index (χ3v) is 3.53. The average Bonchev–Trinajstić information content (AvgIpc) is 2.92. The molecule has 0 spiro atoms. The number of rotatable bonds is 5. The summed E-state index contributed by atoms with van der Waals surface area (Å²) in [6.45, 7) is 3.80. The largest absolute Gasteiger partial charge is 0.465 e. The molecule has 23 heavy (non-hydrogen) atoms. The summed E-state index contributed by atoms with van der Waals surface area (Å²) in [6, 6.07) is 4.71. The molecule has 124 valence electrons. The summed E-state index contributed by atoms with van der Waals surface area (Å²) in [4.78, 5) is 13.8. The Balaban J connectivity index is 2.03. The third-order valence-electron chi connectivity index (χ3n) is 3.53. The topological polar surface area (TPSA) is 45.5 Å². The van der Waals surface area contributed by atoms with Crippen LogP contribution in [0.25, 0.3) is 0 Å². The number of benzene rings is 1. The molecule has 0 bridgehead atoms. The summed E-state index contributed by atoms with van der Waals surface area (Å²) in [5, 5.41) is 2.26. The molecule has 0 unspecified atom stereocenters. The number of halogens is 3. The van der Waals surface area contributed by atoms with Crippen molar-refractivity contribution in [3.8, 4) is 0 Å². The fourth-order valence-corrected chi connectivity index (χ4v) is 2.01. The van der Waals surface area contributed by atoms with Gasteiger partial charge in [0.15, 0.2) is 17.5 Å². The SMILES string of the molecule is Cc1ccc(CN(C)[C@@H](C)C(=O)Nc2ccc(F)c(F)c2F)o1. The number of nitrogens with one attached hydrogen (secondary N) is 1. The Kier molecular flexibility index (Phi) is 5.10. The summed E-state index contributed by atoms with van der Waals surface area (Å²) < 4.78 is 45.1. The van der Waals surface area contributed by atoms with E-state index in [1.54, 1.807) is 24.9 Å². The van der Waals surface area contributed by atoms with Crippen LogP contribution in [0.1, 0.15) is 18.4 Å². The number of anilines is 1. The van der Waals surface area contributed by atoms with Gasteiger partial charge in [-0.1, -0.05) is 0 Å². The molecule has 1 heterocycles. The lowest BCUT2D eigenvalue weighted by molar-refractivity contribution is -0.120. The van der Waals surface area contributed by atoms with E-state index in [2.05, 4.69) is 5.32 Å². The Morgan fingerprint density at radius 1 is 1.22 bits per heavy atom. The van der Waals surface area contributed by atoms with Gasteiger partial charge in [0.25, 0.3) is 0 Å². The Bertz CT molecular complexity index is 715. The minimum Gasteiger partial charge on any atom is -0.465 e. The third kappa shape index (κ3) is 3.92. The Morgan fingerprint density at radius 2 is 1.91 bits per heavy atom. The van der Waals surface area contributed by atoms with Crippen molar-refractivity contribution in [3.63, 3.8) is 0 Å². The van der Waals surface area contributed by atoms with Crippen LogP contribution in [0, 0.1) is 24.4 Å². The molecule has 0 aliphatic heterocycles. The average molecular weight is 326 g/mol. The molecule has 1 aromatic heterocycles. The summed E-state index contributed by atoms with van der Waals surface area (Å²) in [6.07, 6.45) is 0. The number of furan rings is 1. The predicted octanol–water partition coefficient (Wildman–Crippen LogP) is 3.46. The molecule has 0 saturated carbocycles. The first-order valence-electron chi connectivity index (χ1n) is 6.99. The van der Waals surface area contributed by atoms with E-state index in [-0.39, 0.29) is 0 Å². The van der Waals surface area contributed by atoms with E-state index in [9.17, 15) is 18.0 Å². The fraction of sp³-hybridized carbons (Fsp3) is 0.312. The monoisotopic (exact) mass is 326 g/mol. The minimum atomic E-state index is -1.62. The first-order valence-corrected chi connectivity index (χ1v) is 6.99. The summed E-state index contributed by atoms with van der Waals surface area (Å²) in [5.74, 6) is -3.44. The molecular weight excluding hydrogens is 309 g/mol. The van der Waals surface area contributed by atoms with Gasteiger partial charge in [-0.3, -0.25) is 9.69 Å². The van der Waals surface area contributed by atoms with Crippen molar-refractivity contribution in [2.24, 2.45) is 0 Å². The zero-order valence-corrected chi connectivity index (χ0v) is 13.0. The highest BCUT2D eigenvalue weighted by Crippen LogP contribution is 2.20. The van der Waals surface area contributed by atoms with Crippen molar-refractivity contribution >= 4 is 11.6 Å². The molecule has 1 N–H and O–H groups in total. The molecule has 2 aromatic rings. The molecule has 1 atom stereocenters. The summed E-state index contributed by atoms with van der Waals surface area (Å²) in [5.41, 5.74) is -0.400. The van der Waals surface area contributed by atoms with Gasteiger partial charge in [0.1, 0.15) is 11.5 Å². The van der Waals surface area contributed by atoms with Gasteiger partial charge < -0.3 is 9.73 Å². The Hall–Kier alpha value is -2.28. The van der Waals surface area contributed by atoms with Crippen LogP contribution < -0.4 is 5.32 Å². The number of carbonyl (C=O) groups is 1. The predicted molar refractivity (Wildman–Crippen MR) is 79.3 cm³/mol. The normalized spacial score (nSPS) is 12.5. The van der Waals surface area contributed by atoms with Crippen LogP contribution in [0.4, 0.5) is 18.9 Å². The molecule has 0 saturated heterocycles. The van der Waals surface area contributed by atoms with Gasteiger partial charge in [0.2, 0.25) is 5.91 Å². The van der Waals surface area contributed by atoms with Crippen molar-refractivity contribution in [1.29, 1.82) is 0 Å². The Morgan fingerprint density at radius 3 is 2.52 bits per heavy atom. The minimum absolute atomic E-state index is 0.378. The number of likely N-dealkylation sites (N-methyl/N-ethyl adjacent to an activating group) is 1. The van der Waals surface area contributed by atoms with Crippen molar-refractivity contribution in [2.45, 2.75) is 26.4 Å². The standard InChI is InChI=1S/C16H17F3N2O2/c1-9-4-5-11(23-9)8-21(3)10(2)16(22)20-13-7-6-12(17)14(18)15(13)19/h4-7,10H,8H2,1-3H3,(H,20,22)/t10-/m0/s1. The molecule has 2 rings (SSSR count). The highest BCUT2D eigenvalue weighted by molar-refractivity contribution is 5.94. The van der Waals surface area contributed by atoms with Crippen LogP contribution in [-0.4, -0.2) is 23.9 Å². The highest BCUT2D eigenvalue weighted by atomic mass is 19.2. The second-order valence-corrected chi connectivity index (χ2v) is 5.32. The van der Waals surface area contributed by atoms with E-state index in [0.29, 0.717) is 12.3 Å². The van der Waals surface area contributed by atoms with E-state index in [0.717, 1.165) is 17.9 Å². The van der Waals surface area contributed by atoms with Crippen LogP contribution in [0.3, 0.4) is 0 Å². The maximum absolute atomic E-state index is 13.6. The molecule has 1 aromatic carbocycles. The lowest BCUT2D eigenvalue weighted by Crippen LogP contribution is -2.39. The van der Waals surface area contributed by atoms with Gasteiger partial charge in [0, 0.05) is 0 Å². The van der Waals surface area contributed by atoms with Gasteiger partial charge in [-0.2, -0.15) is 0 Å². The van der Waals surface area contributed by atoms with Gasteiger partial charge in [-0.15, -0.1) is 0 Å². The molecule has 0 aliphatic rings. The van der Waals surface area contributed by atoms with E-state index in [1.807, 2.05) is 13.0 Å². The van der Waals surface area contributed by atoms with Crippen LogP contribution in [-0.2, 0) is 11.3 Å². The van der Waals surface area contributed by atoms with Gasteiger partial charge >= 0.3 is 0 Å². The molecule has 0 aliphatic carbocycles. The highest BCUT2D eigenvalue weighted by Gasteiger charge is 2.22. The van der Waals surface area contributed by atoms with Crippen LogP contribution in [0.5, 0.6) is 0 Å². The van der Waals surface area contributed by atoms with Crippen molar-refractivity contribution in [3.05, 3.63) is 53.2 Å². The quantitative estimate of drug-likeness (QED) is 0.856.